The van der Waals surface area contributed by atoms with Gasteiger partial charge in [0.25, 0.3) is 5.60 Å². The van der Waals surface area contributed by atoms with E-state index in [9.17, 15) is 31.1 Å². The van der Waals surface area contributed by atoms with Crippen LogP contribution in [0.3, 0.4) is 0 Å². The van der Waals surface area contributed by atoms with E-state index in [2.05, 4.69) is 14.2 Å². The Morgan fingerprint density at radius 3 is 1.85 bits per heavy atom. The second-order valence-electron chi connectivity index (χ2n) is 3.76. The van der Waals surface area contributed by atoms with Gasteiger partial charge in [-0.05, 0) is 13.8 Å². The Bertz CT molecular complexity index is 311. The zero-order valence-electron chi connectivity index (χ0n) is 10.9. The van der Waals surface area contributed by atoms with E-state index in [4.69, 9.17) is 0 Å². The Labute approximate surface area is 111 Å². The van der Waals surface area contributed by atoms with Gasteiger partial charge >= 0.3 is 18.3 Å². The highest BCUT2D eigenvalue weighted by atomic mass is 19.4. The van der Waals surface area contributed by atoms with Gasteiger partial charge in [0.05, 0.1) is 6.61 Å². The lowest BCUT2D eigenvalue weighted by Crippen LogP contribution is -2.64. The lowest BCUT2D eigenvalue weighted by molar-refractivity contribution is -0.404. The molecular weight excluding hydrogens is 298 g/mol. The van der Waals surface area contributed by atoms with Crippen molar-refractivity contribution in [2.75, 3.05) is 20.5 Å². The highest BCUT2D eigenvalue weighted by Crippen LogP contribution is 2.50. The first-order chi connectivity index (χ1) is 8.95. The summed E-state index contributed by atoms with van der Waals surface area (Å²) in [5.74, 6) is -4.31. The quantitative estimate of drug-likeness (QED) is 0.430. The molecule has 0 bridgehead atoms. The first-order valence-corrected chi connectivity index (χ1v) is 5.38. The van der Waals surface area contributed by atoms with Crippen LogP contribution in [0, 0.1) is 5.92 Å². The third kappa shape index (κ3) is 3.54. The maximum atomic E-state index is 12.9. The summed E-state index contributed by atoms with van der Waals surface area (Å²) in [5.41, 5.74) is -4.69. The third-order valence-electron chi connectivity index (χ3n) is 2.50. The van der Waals surface area contributed by atoms with Crippen LogP contribution in [0.1, 0.15) is 13.8 Å². The fraction of sp³-hybridized carbons (Fsp3) is 0.900. The molecule has 120 valence electrons. The first-order valence-electron chi connectivity index (χ1n) is 5.38. The van der Waals surface area contributed by atoms with Gasteiger partial charge in [-0.3, -0.25) is 4.79 Å². The third-order valence-corrected chi connectivity index (χ3v) is 2.50. The first kappa shape index (κ1) is 19.0. The monoisotopic (exact) mass is 312 g/mol. The van der Waals surface area contributed by atoms with Crippen LogP contribution in [0.5, 0.6) is 0 Å². The lowest BCUT2D eigenvalue weighted by Gasteiger charge is -2.39. The Hall–Kier alpha value is -1.03. The molecule has 0 amide bonds. The highest BCUT2D eigenvalue weighted by molar-refractivity contribution is 5.74. The van der Waals surface area contributed by atoms with Crippen LogP contribution in [-0.4, -0.2) is 44.4 Å². The summed E-state index contributed by atoms with van der Waals surface area (Å²) in [6.07, 6.45) is -11.8. The highest BCUT2D eigenvalue weighted by Gasteiger charge is 2.76. The molecule has 20 heavy (non-hydrogen) atoms. The van der Waals surface area contributed by atoms with Gasteiger partial charge in [-0.2, -0.15) is 26.3 Å². The molecule has 0 saturated heterocycles. The van der Waals surface area contributed by atoms with Crippen molar-refractivity contribution in [2.45, 2.75) is 31.8 Å². The molecule has 0 aromatic carbocycles. The van der Waals surface area contributed by atoms with Gasteiger partial charge < -0.3 is 14.2 Å². The Kier molecular flexibility index (Phi) is 6.27. The molecule has 0 heterocycles. The van der Waals surface area contributed by atoms with Crippen LogP contribution in [0.25, 0.3) is 0 Å². The van der Waals surface area contributed by atoms with Crippen molar-refractivity contribution >= 4 is 5.97 Å². The summed E-state index contributed by atoms with van der Waals surface area (Å²) in [4.78, 5) is 11.3. The van der Waals surface area contributed by atoms with E-state index in [1.165, 1.54) is 6.92 Å². The fourth-order valence-corrected chi connectivity index (χ4v) is 1.53. The van der Waals surface area contributed by atoms with Gasteiger partial charge in [0.15, 0.2) is 0 Å². The number of carbonyl (C=O) groups is 1. The van der Waals surface area contributed by atoms with Crippen LogP contribution >= 0.6 is 0 Å². The molecule has 0 fully saturated rings. The SMILES string of the molecule is CCOC(=O)C(C)C(OCOC)(C(F)(F)F)C(F)(F)F. The number of alkyl halides is 6. The van der Waals surface area contributed by atoms with E-state index in [0.717, 1.165) is 7.11 Å². The van der Waals surface area contributed by atoms with E-state index in [-0.39, 0.29) is 6.61 Å². The topological polar surface area (TPSA) is 44.8 Å². The Morgan fingerprint density at radius 2 is 1.55 bits per heavy atom. The second kappa shape index (κ2) is 6.61. The number of halogens is 6. The van der Waals surface area contributed by atoms with Crippen LogP contribution < -0.4 is 0 Å². The zero-order chi connectivity index (χ0) is 16.2. The van der Waals surface area contributed by atoms with E-state index < -0.39 is 36.6 Å². The number of hydrogen-bond acceptors (Lipinski definition) is 4. The summed E-state index contributed by atoms with van der Waals surface area (Å²) in [5, 5.41) is 0. The van der Waals surface area contributed by atoms with Crippen molar-refractivity contribution in [1.29, 1.82) is 0 Å². The predicted molar refractivity (Wildman–Crippen MR) is 53.6 cm³/mol. The van der Waals surface area contributed by atoms with Gasteiger partial charge in [-0.25, -0.2) is 0 Å². The molecule has 0 aliphatic carbocycles. The van der Waals surface area contributed by atoms with E-state index in [1.807, 2.05) is 0 Å². The van der Waals surface area contributed by atoms with Crippen LogP contribution in [0.4, 0.5) is 26.3 Å². The maximum absolute atomic E-state index is 12.9. The van der Waals surface area contributed by atoms with Crippen LogP contribution in [-0.2, 0) is 19.0 Å². The summed E-state index contributed by atoms with van der Waals surface area (Å²) < 4.78 is 89.8. The van der Waals surface area contributed by atoms with E-state index in [1.54, 1.807) is 0 Å². The second-order valence-corrected chi connectivity index (χ2v) is 3.76. The predicted octanol–water partition coefficient (Wildman–Crippen LogP) is 2.67. The molecule has 0 aliphatic heterocycles. The van der Waals surface area contributed by atoms with Crippen molar-refractivity contribution < 1.29 is 45.3 Å². The number of rotatable bonds is 6. The fourth-order valence-electron chi connectivity index (χ4n) is 1.53. The number of hydrogen-bond donors (Lipinski definition) is 0. The molecule has 0 spiro atoms. The molecular formula is C10H14F6O4. The summed E-state index contributed by atoms with van der Waals surface area (Å²) in [7, 11) is 0.854. The van der Waals surface area contributed by atoms with Crippen molar-refractivity contribution in [3.8, 4) is 0 Å². The largest absolute Gasteiger partial charge is 0.466 e. The standard InChI is InChI=1S/C10H14F6O4/c1-4-19-7(17)6(2)8(9(11,12)13,10(14,15)16)20-5-18-3/h6H,4-5H2,1-3H3. The molecule has 0 aromatic heterocycles. The van der Waals surface area contributed by atoms with Crippen LogP contribution in [0.15, 0.2) is 0 Å². The Morgan fingerprint density at radius 1 is 1.10 bits per heavy atom. The van der Waals surface area contributed by atoms with Gasteiger partial charge in [-0.15, -0.1) is 0 Å². The molecule has 0 saturated carbocycles. The van der Waals surface area contributed by atoms with Crippen molar-refractivity contribution in [2.24, 2.45) is 5.92 Å². The molecule has 0 N–H and O–H groups in total. The smallest absolute Gasteiger partial charge is 0.427 e. The summed E-state index contributed by atoms with van der Waals surface area (Å²) in [6, 6.07) is 0. The lowest BCUT2D eigenvalue weighted by atomic mass is 9.87. The van der Waals surface area contributed by atoms with Crippen LogP contribution in [0.2, 0.25) is 0 Å². The summed E-state index contributed by atoms with van der Waals surface area (Å²) >= 11 is 0. The average molecular weight is 312 g/mol. The number of carbonyl (C=O) groups excluding carboxylic acids is 1. The molecule has 1 atom stereocenters. The van der Waals surface area contributed by atoms with Gasteiger partial charge in [-0.1, -0.05) is 0 Å². The molecule has 4 nitrogen and oxygen atoms in total. The number of methoxy groups -OCH3 is 1. The number of esters is 1. The van der Waals surface area contributed by atoms with Gasteiger partial charge in [0.1, 0.15) is 12.7 Å². The Balaban J connectivity index is 5.80. The van der Waals surface area contributed by atoms with Crippen molar-refractivity contribution in [1.82, 2.24) is 0 Å². The van der Waals surface area contributed by atoms with Gasteiger partial charge in [0.2, 0.25) is 0 Å². The van der Waals surface area contributed by atoms with E-state index >= 15 is 0 Å². The minimum absolute atomic E-state index is 0.362. The molecule has 0 radical (unpaired) electrons. The minimum Gasteiger partial charge on any atom is -0.466 e. The molecule has 10 heteroatoms. The molecule has 0 aliphatic rings. The zero-order valence-corrected chi connectivity index (χ0v) is 10.9. The summed E-state index contributed by atoms with van der Waals surface area (Å²) in [6.45, 7) is 0.0418. The number of ether oxygens (including phenoxy) is 3. The molecule has 0 aromatic rings. The van der Waals surface area contributed by atoms with Crippen molar-refractivity contribution in [3.63, 3.8) is 0 Å². The average Bonchev–Trinajstić information content (AvgIpc) is 2.26. The maximum Gasteiger partial charge on any atom is 0.427 e. The van der Waals surface area contributed by atoms with Gasteiger partial charge in [0, 0.05) is 7.11 Å². The minimum atomic E-state index is -5.88. The van der Waals surface area contributed by atoms with E-state index in [0.29, 0.717) is 6.92 Å². The normalized spacial score (nSPS) is 15.1. The molecule has 1 unspecified atom stereocenters. The van der Waals surface area contributed by atoms with Crippen molar-refractivity contribution in [3.05, 3.63) is 0 Å². The molecule has 0 rings (SSSR count).